The lowest BCUT2D eigenvalue weighted by molar-refractivity contribution is 0.0957. The molecule has 1 amide bonds. The number of amides is 1. The summed E-state index contributed by atoms with van der Waals surface area (Å²) < 4.78 is 1.34. The van der Waals surface area contributed by atoms with Gasteiger partial charge in [0.1, 0.15) is 0 Å². The second kappa shape index (κ2) is 4.60. The first-order valence-electron chi connectivity index (χ1n) is 5.80. The van der Waals surface area contributed by atoms with Crippen molar-refractivity contribution < 1.29 is 4.79 Å². The monoisotopic (exact) mass is 245 g/mol. The Hall–Kier alpha value is -2.17. The van der Waals surface area contributed by atoms with E-state index in [4.69, 9.17) is 0 Å². The lowest BCUT2D eigenvalue weighted by Gasteiger charge is -2.12. The number of carbonyl (C=O) groups is 1. The molecule has 0 aliphatic rings. The Bertz CT molecular complexity index is 659. The third-order valence-electron chi connectivity index (χ3n) is 2.76. The van der Waals surface area contributed by atoms with E-state index in [0.717, 1.165) is 0 Å². The van der Waals surface area contributed by atoms with Crippen LogP contribution in [0.1, 0.15) is 30.4 Å². The van der Waals surface area contributed by atoms with Crippen molar-refractivity contribution in [2.45, 2.75) is 19.9 Å². The van der Waals surface area contributed by atoms with Gasteiger partial charge in [-0.2, -0.15) is 5.10 Å². The van der Waals surface area contributed by atoms with Gasteiger partial charge in [-0.05, 0) is 19.9 Å². The van der Waals surface area contributed by atoms with Crippen molar-refractivity contribution in [3.05, 3.63) is 40.3 Å². The van der Waals surface area contributed by atoms with Gasteiger partial charge in [0.25, 0.3) is 11.5 Å². The molecule has 0 saturated carbocycles. The minimum absolute atomic E-state index is 0.0921. The third-order valence-corrected chi connectivity index (χ3v) is 2.76. The Labute approximate surface area is 104 Å². The van der Waals surface area contributed by atoms with Crippen molar-refractivity contribution in [2.24, 2.45) is 0 Å². The normalized spacial score (nSPS) is 10.9. The van der Waals surface area contributed by atoms with E-state index in [2.05, 4.69) is 10.4 Å². The first-order chi connectivity index (χ1) is 8.56. The lowest BCUT2D eigenvalue weighted by atomic mass is 10.1. The van der Waals surface area contributed by atoms with E-state index in [-0.39, 0.29) is 23.2 Å². The number of aromatic nitrogens is 2. The third kappa shape index (κ3) is 1.88. The van der Waals surface area contributed by atoms with Gasteiger partial charge in [-0.15, -0.1) is 0 Å². The predicted octanol–water partition coefficient (Wildman–Crippen LogP) is 1.34. The highest BCUT2D eigenvalue weighted by Crippen LogP contribution is 2.14. The Kier molecular flexibility index (Phi) is 3.14. The molecule has 0 spiro atoms. The van der Waals surface area contributed by atoms with E-state index in [1.807, 2.05) is 13.8 Å². The minimum Gasteiger partial charge on any atom is -0.354 e. The van der Waals surface area contributed by atoms with Crippen LogP contribution < -0.4 is 10.9 Å². The summed E-state index contributed by atoms with van der Waals surface area (Å²) in [6, 6.07) is 6.92. The number of hydrogen-bond acceptors (Lipinski definition) is 3. The van der Waals surface area contributed by atoms with Crippen LogP contribution in [0.2, 0.25) is 0 Å². The lowest BCUT2D eigenvalue weighted by Crippen LogP contribution is -2.30. The Morgan fingerprint density at radius 2 is 1.89 bits per heavy atom. The average molecular weight is 245 g/mol. The van der Waals surface area contributed by atoms with E-state index in [9.17, 15) is 9.59 Å². The van der Waals surface area contributed by atoms with Gasteiger partial charge in [-0.25, -0.2) is 4.68 Å². The van der Waals surface area contributed by atoms with Gasteiger partial charge in [0, 0.05) is 12.4 Å². The van der Waals surface area contributed by atoms with Crippen LogP contribution in [-0.4, -0.2) is 22.7 Å². The van der Waals surface area contributed by atoms with E-state index in [1.54, 1.807) is 31.3 Å². The van der Waals surface area contributed by atoms with E-state index in [0.29, 0.717) is 10.8 Å². The average Bonchev–Trinajstić information content (AvgIpc) is 2.38. The molecule has 1 aromatic carbocycles. The molecule has 0 fully saturated rings. The molecule has 0 aliphatic heterocycles. The summed E-state index contributed by atoms with van der Waals surface area (Å²) in [6.45, 7) is 3.72. The van der Waals surface area contributed by atoms with Gasteiger partial charge in [0.05, 0.1) is 11.4 Å². The largest absolute Gasteiger partial charge is 0.354 e. The molecule has 1 aromatic heterocycles. The maximum atomic E-state index is 12.2. The Morgan fingerprint density at radius 1 is 1.28 bits per heavy atom. The quantitative estimate of drug-likeness (QED) is 0.868. The number of nitrogens with zero attached hydrogens (tertiary/aromatic N) is 2. The second-order valence-electron chi connectivity index (χ2n) is 4.32. The summed E-state index contributed by atoms with van der Waals surface area (Å²) in [6.07, 6.45) is 0. The topological polar surface area (TPSA) is 64.0 Å². The van der Waals surface area contributed by atoms with Gasteiger partial charge in [-0.3, -0.25) is 9.59 Å². The second-order valence-corrected chi connectivity index (χ2v) is 4.32. The molecule has 0 saturated heterocycles. The smallest absolute Gasteiger partial charge is 0.274 e. The molecule has 5 nitrogen and oxygen atoms in total. The van der Waals surface area contributed by atoms with Crippen LogP contribution in [0.25, 0.3) is 10.8 Å². The molecule has 94 valence electrons. The van der Waals surface area contributed by atoms with Crippen molar-refractivity contribution >= 4 is 16.7 Å². The van der Waals surface area contributed by atoms with Crippen LogP contribution in [0.3, 0.4) is 0 Å². The summed E-state index contributed by atoms with van der Waals surface area (Å²) >= 11 is 0. The summed E-state index contributed by atoms with van der Waals surface area (Å²) in [7, 11) is 1.55. The number of hydrogen-bond donors (Lipinski definition) is 1. The molecule has 1 N–H and O–H groups in total. The van der Waals surface area contributed by atoms with Gasteiger partial charge in [0.15, 0.2) is 5.69 Å². The van der Waals surface area contributed by atoms with Gasteiger partial charge >= 0.3 is 0 Å². The summed E-state index contributed by atoms with van der Waals surface area (Å²) in [5.74, 6) is -0.291. The number of carbonyl (C=O) groups excluding carboxylic acids is 1. The molecular weight excluding hydrogens is 230 g/mol. The van der Waals surface area contributed by atoms with E-state index >= 15 is 0 Å². The molecule has 5 heteroatoms. The SMILES string of the molecule is CNC(=O)c1nn(C(C)C)c(=O)c2ccccc12. The molecule has 18 heavy (non-hydrogen) atoms. The van der Waals surface area contributed by atoms with Crippen molar-refractivity contribution in [1.82, 2.24) is 15.1 Å². The van der Waals surface area contributed by atoms with Crippen LogP contribution in [0.5, 0.6) is 0 Å². The van der Waals surface area contributed by atoms with Crippen LogP contribution in [0.4, 0.5) is 0 Å². The first kappa shape index (κ1) is 12.3. The summed E-state index contributed by atoms with van der Waals surface area (Å²) in [5, 5.41) is 7.80. The van der Waals surface area contributed by atoms with Crippen molar-refractivity contribution in [1.29, 1.82) is 0 Å². The molecule has 0 bridgehead atoms. The van der Waals surface area contributed by atoms with Crippen LogP contribution in [0.15, 0.2) is 29.1 Å². The highest BCUT2D eigenvalue weighted by atomic mass is 16.2. The van der Waals surface area contributed by atoms with Gasteiger partial charge in [0.2, 0.25) is 0 Å². The zero-order valence-corrected chi connectivity index (χ0v) is 10.6. The molecule has 2 aromatic rings. The fourth-order valence-electron chi connectivity index (χ4n) is 1.84. The number of fused-ring (bicyclic) bond motifs is 1. The van der Waals surface area contributed by atoms with E-state index < -0.39 is 0 Å². The molecular formula is C13H15N3O2. The standard InChI is InChI=1S/C13H15N3O2/c1-8(2)16-13(18)10-7-5-4-6-9(10)11(15-16)12(17)14-3/h4-8H,1-3H3,(H,14,17). The highest BCUT2D eigenvalue weighted by Gasteiger charge is 2.16. The Balaban J connectivity index is 2.89. The van der Waals surface area contributed by atoms with Gasteiger partial charge in [-0.1, -0.05) is 18.2 Å². The van der Waals surface area contributed by atoms with E-state index in [1.165, 1.54) is 4.68 Å². The maximum Gasteiger partial charge on any atom is 0.274 e. The first-order valence-corrected chi connectivity index (χ1v) is 5.80. The molecule has 2 rings (SSSR count). The number of benzene rings is 1. The van der Waals surface area contributed by atoms with Crippen LogP contribution >= 0.6 is 0 Å². The fraction of sp³-hybridized carbons (Fsp3) is 0.308. The minimum atomic E-state index is -0.291. The number of nitrogens with one attached hydrogen (secondary N) is 1. The number of rotatable bonds is 2. The molecule has 0 unspecified atom stereocenters. The summed E-state index contributed by atoms with van der Waals surface area (Å²) in [5.41, 5.74) is 0.106. The molecule has 0 radical (unpaired) electrons. The molecule has 0 aliphatic carbocycles. The molecule has 0 atom stereocenters. The van der Waals surface area contributed by atoms with Crippen molar-refractivity contribution in [3.8, 4) is 0 Å². The van der Waals surface area contributed by atoms with Crippen molar-refractivity contribution in [3.63, 3.8) is 0 Å². The fourth-order valence-corrected chi connectivity index (χ4v) is 1.84. The zero-order valence-electron chi connectivity index (χ0n) is 10.6. The van der Waals surface area contributed by atoms with Crippen molar-refractivity contribution in [2.75, 3.05) is 7.05 Å². The predicted molar refractivity (Wildman–Crippen MR) is 69.8 cm³/mol. The zero-order chi connectivity index (χ0) is 13.3. The van der Waals surface area contributed by atoms with Crippen LogP contribution in [-0.2, 0) is 0 Å². The highest BCUT2D eigenvalue weighted by molar-refractivity contribution is 6.04. The maximum absolute atomic E-state index is 12.2. The van der Waals surface area contributed by atoms with Crippen LogP contribution in [0, 0.1) is 0 Å². The summed E-state index contributed by atoms with van der Waals surface area (Å²) in [4.78, 5) is 24.0. The molecule has 1 heterocycles. The Morgan fingerprint density at radius 3 is 2.44 bits per heavy atom. The van der Waals surface area contributed by atoms with Gasteiger partial charge < -0.3 is 5.32 Å².